The van der Waals surface area contributed by atoms with Gasteiger partial charge in [-0.2, -0.15) is 27.6 Å². The van der Waals surface area contributed by atoms with E-state index >= 15 is 0 Å². The summed E-state index contributed by atoms with van der Waals surface area (Å²) in [6, 6.07) is 3.86. The highest BCUT2D eigenvalue weighted by Crippen LogP contribution is 2.22. The average molecular weight is 331 g/mol. The van der Waals surface area contributed by atoms with Crippen molar-refractivity contribution in [2.45, 2.75) is 6.92 Å². The van der Waals surface area contributed by atoms with Crippen LogP contribution in [0.2, 0.25) is 0 Å². The number of halogens is 5. The van der Waals surface area contributed by atoms with Crippen LogP contribution in [0.3, 0.4) is 0 Å². The molecule has 0 fully saturated rings. The lowest BCUT2D eigenvalue weighted by molar-refractivity contribution is 0.386. The Morgan fingerprint density at radius 3 is 2.22 bits per heavy atom. The molecule has 0 atom stereocenters. The fraction of sp³-hybridized carbons (Fsp3) is 0.143. The Morgan fingerprint density at radius 1 is 1.09 bits per heavy atom. The molecule has 122 valence electrons. The van der Waals surface area contributed by atoms with Gasteiger partial charge in [0, 0.05) is 5.56 Å². The van der Waals surface area contributed by atoms with Gasteiger partial charge in [0.05, 0.1) is 12.8 Å². The first-order valence-corrected chi connectivity index (χ1v) is 6.19. The minimum absolute atomic E-state index is 0.00451. The van der Waals surface area contributed by atoms with Gasteiger partial charge in [-0.3, -0.25) is 5.43 Å². The smallest absolute Gasteiger partial charge is 0.254 e. The fourth-order valence-electron chi connectivity index (χ4n) is 1.68. The van der Waals surface area contributed by atoms with Crippen molar-refractivity contribution in [3.05, 3.63) is 53.1 Å². The second kappa shape index (κ2) is 6.59. The molecule has 1 heterocycles. The lowest BCUT2D eigenvalue weighted by Crippen LogP contribution is -2.08. The number of ether oxygens (including phenoxy) is 1. The number of anilines is 1. The Balaban J connectivity index is 2.32. The number of nitrogens with zero attached hydrogens (tertiary/aromatic N) is 2. The van der Waals surface area contributed by atoms with E-state index in [2.05, 4.69) is 10.1 Å². The first kappa shape index (κ1) is 16.7. The van der Waals surface area contributed by atoms with Crippen molar-refractivity contribution in [1.82, 2.24) is 4.98 Å². The molecule has 0 saturated heterocycles. The van der Waals surface area contributed by atoms with Crippen LogP contribution in [0.25, 0.3) is 0 Å². The molecular weight excluding hydrogens is 321 g/mol. The number of hydrazone groups is 1. The second-order valence-electron chi connectivity index (χ2n) is 4.35. The summed E-state index contributed by atoms with van der Waals surface area (Å²) < 4.78 is 71.1. The number of methoxy groups -OCH3 is 1. The quantitative estimate of drug-likeness (QED) is 0.403. The van der Waals surface area contributed by atoms with Crippen LogP contribution in [0.1, 0.15) is 12.5 Å². The van der Waals surface area contributed by atoms with Crippen molar-refractivity contribution in [2.24, 2.45) is 5.10 Å². The van der Waals surface area contributed by atoms with Crippen molar-refractivity contribution in [1.29, 1.82) is 0 Å². The van der Waals surface area contributed by atoms with Gasteiger partial charge in [0.15, 0.2) is 11.6 Å². The molecule has 23 heavy (non-hydrogen) atoms. The van der Waals surface area contributed by atoms with Crippen molar-refractivity contribution in [3.8, 4) is 5.75 Å². The molecule has 0 aliphatic heterocycles. The summed E-state index contributed by atoms with van der Waals surface area (Å²) in [6.07, 6.45) is 0. The number of rotatable bonds is 4. The predicted octanol–water partition coefficient (Wildman–Crippen LogP) is 3.62. The zero-order valence-electron chi connectivity index (χ0n) is 11.9. The van der Waals surface area contributed by atoms with Gasteiger partial charge in [0.1, 0.15) is 5.69 Å². The second-order valence-corrected chi connectivity index (χ2v) is 4.35. The van der Waals surface area contributed by atoms with Crippen molar-refractivity contribution < 1.29 is 26.7 Å². The van der Waals surface area contributed by atoms with Crippen LogP contribution in [0, 0.1) is 29.3 Å². The number of nitrogens with one attached hydrogen (secondary N) is 1. The van der Waals surface area contributed by atoms with E-state index in [4.69, 9.17) is 4.74 Å². The highest BCUT2D eigenvalue weighted by atomic mass is 19.2. The van der Waals surface area contributed by atoms with Crippen molar-refractivity contribution in [2.75, 3.05) is 12.5 Å². The Hall–Kier alpha value is -2.71. The van der Waals surface area contributed by atoms with Crippen LogP contribution >= 0.6 is 0 Å². The molecule has 0 saturated carbocycles. The Kier molecular flexibility index (Phi) is 4.77. The van der Waals surface area contributed by atoms with Crippen LogP contribution < -0.4 is 10.2 Å². The molecule has 9 heteroatoms. The molecule has 0 aliphatic rings. The minimum Gasteiger partial charge on any atom is -0.494 e. The lowest BCUT2D eigenvalue weighted by atomic mass is 10.1. The number of hydrogen-bond acceptors (Lipinski definition) is 4. The Bertz CT molecular complexity index is 753. The molecule has 0 radical (unpaired) electrons. The van der Waals surface area contributed by atoms with Crippen molar-refractivity contribution >= 4 is 11.4 Å². The van der Waals surface area contributed by atoms with E-state index in [1.165, 1.54) is 26.2 Å². The molecule has 0 bridgehead atoms. The summed E-state index contributed by atoms with van der Waals surface area (Å²) in [5.41, 5.74) is 1.12. The topological polar surface area (TPSA) is 46.5 Å². The molecule has 1 N–H and O–H groups in total. The SMILES string of the molecule is COc1ccc(/C(C)=N\Nc2c(F)c(F)nc(F)c2F)cc1F. The molecule has 0 amide bonds. The molecular formula is C14H10F5N3O. The normalized spacial score (nSPS) is 11.5. The van der Waals surface area contributed by atoms with E-state index in [0.29, 0.717) is 0 Å². The molecule has 1 aromatic heterocycles. The lowest BCUT2D eigenvalue weighted by Gasteiger charge is -2.08. The van der Waals surface area contributed by atoms with Crippen LogP contribution in [-0.2, 0) is 0 Å². The molecule has 4 nitrogen and oxygen atoms in total. The molecule has 1 aromatic carbocycles. The Morgan fingerprint density at radius 2 is 1.70 bits per heavy atom. The third-order valence-corrected chi connectivity index (χ3v) is 2.90. The summed E-state index contributed by atoms with van der Waals surface area (Å²) in [7, 11) is 1.29. The maximum atomic E-state index is 13.6. The third-order valence-electron chi connectivity index (χ3n) is 2.90. The maximum Gasteiger partial charge on any atom is 0.254 e. The monoisotopic (exact) mass is 331 g/mol. The molecule has 0 aliphatic carbocycles. The molecule has 0 spiro atoms. The molecule has 2 rings (SSSR count). The van der Waals surface area contributed by atoms with Crippen molar-refractivity contribution in [3.63, 3.8) is 0 Å². The number of aromatic nitrogens is 1. The summed E-state index contributed by atoms with van der Waals surface area (Å²) in [5, 5.41) is 3.58. The number of hydrogen-bond donors (Lipinski definition) is 1. The van der Waals surface area contributed by atoms with Gasteiger partial charge in [-0.15, -0.1) is 0 Å². The third kappa shape index (κ3) is 3.38. The van der Waals surface area contributed by atoms with E-state index in [1.54, 1.807) is 0 Å². The van der Waals surface area contributed by atoms with E-state index in [9.17, 15) is 22.0 Å². The van der Waals surface area contributed by atoms with Crippen LogP contribution in [0.15, 0.2) is 23.3 Å². The number of benzene rings is 1. The Labute approximate surface area is 127 Å². The summed E-state index contributed by atoms with van der Waals surface area (Å²) >= 11 is 0. The first-order valence-electron chi connectivity index (χ1n) is 6.19. The fourth-order valence-corrected chi connectivity index (χ4v) is 1.68. The highest BCUT2D eigenvalue weighted by molar-refractivity contribution is 5.99. The summed E-state index contributed by atoms with van der Waals surface area (Å²) in [5.74, 6) is -7.73. The van der Waals surface area contributed by atoms with Crippen LogP contribution in [0.4, 0.5) is 27.6 Å². The van der Waals surface area contributed by atoms with Gasteiger partial charge >= 0.3 is 0 Å². The predicted molar refractivity (Wildman–Crippen MR) is 72.9 cm³/mol. The minimum atomic E-state index is -1.81. The van der Waals surface area contributed by atoms with E-state index in [0.717, 1.165) is 6.07 Å². The average Bonchev–Trinajstić information content (AvgIpc) is 2.52. The largest absolute Gasteiger partial charge is 0.494 e. The van der Waals surface area contributed by atoms with Gasteiger partial charge in [-0.1, -0.05) is 0 Å². The first-order chi connectivity index (χ1) is 10.8. The van der Waals surface area contributed by atoms with Gasteiger partial charge in [0.25, 0.3) is 11.9 Å². The maximum absolute atomic E-state index is 13.6. The zero-order chi connectivity index (χ0) is 17.1. The van der Waals surface area contributed by atoms with E-state index in [1.807, 2.05) is 5.43 Å². The highest BCUT2D eigenvalue weighted by Gasteiger charge is 2.20. The van der Waals surface area contributed by atoms with E-state index in [-0.39, 0.29) is 17.0 Å². The summed E-state index contributed by atoms with van der Waals surface area (Å²) in [6.45, 7) is 1.40. The van der Waals surface area contributed by atoms with Gasteiger partial charge in [0.2, 0.25) is 11.6 Å². The zero-order valence-corrected chi connectivity index (χ0v) is 11.9. The van der Waals surface area contributed by atoms with Gasteiger partial charge in [-0.05, 0) is 25.1 Å². The van der Waals surface area contributed by atoms with Crippen LogP contribution in [0.5, 0.6) is 5.75 Å². The van der Waals surface area contributed by atoms with Gasteiger partial charge in [-0.25, -0.2) is 4.39 Å². The molecule has 0 unspecified atom stereocenters. The van der Waals surface area contributed by atoms with Crippen LogP contribution in [-0.4, -0.2) is 17.8 Å². The summed E-state index contributed by atoms with van der Waals surface area (Å²) in [4.78, 5) is 2.41. The van der Waals surface area contributed by atoms with E-state index < -0.39 is 35.0 Å². The standard InChI is InChI=1S/C14H10F5N3O/c1-6(7-3-4-9(23-2)8(15)5-7)21-22-12-10(16)13(18)20-14(19)11(12)17/h3-5H,1-2H3,(H,20,22)/b21-6-. The number of pyridine rings is 1. The van der Waals surface area contributed by atoms with Gasteiger partial charge < -0.3 is 4.74 Å². The molecule has 2 aromatic rings.